The molecule has 5 atom stereocenters. The first-order valence-electron chi connectivity index (χ1n) is 22.4. The van der Waals surface area contributed by atoms with E-state index in [0.29, 0.717) is 23.1 Å². The minimum Gasteiger partial charge on any atom is -0.468 e. The van der Waals surface area contributed by atoms with Crippen LogP contribution >= 0.6 is 0 Å². The van der Waals surface area contributed by atoms with E-state index in [2.05, 4.69) is 57.9 Å². The third-order valence-electron chi connectivity index (χ3n) is 13.8. The lowest BCUT2D eigenvalue weighted by Crippen LogP contribution is -2.60. The highest BCUT2D eigenvalue weighted by Gasteiger charge is 2.50. The van der Waals surface area contributed by atoms with E-state index in [1.807, 2.05) is 20.8 Å². The van der Waals surface area contributed by atoms with E-state index in [1.54, 1.807) is 23.1 Å². The molecule has 0 bridgehead atoms. The number of nitrogens with two attached hydrogens (primary N) is 1. The number of methoxy groups -OCH3 is 1. The Hall–Kier alpha value is -4.69. The number of aliphatic hydroxyl groups excluding tert-OH is 1. The number of hydrogen-bond acceptors (Lipinski definition) is 11. The van der Waals surface area contributed by atoms with Crippen molar-refractivity contribution in [3.8, 4) is 34.5 Å². The molecule has 1 unspecified atom stereocenters. The van der Waals surface area contributed by atoms with Gasteiger partial charge in [-0.2, -0.15) is 9.97 Å². The number of ether oxygens (including phenoxy) is 4. The van der Waals surface area contributed by atoms with Crippen molar-refractivity contribution in [1.29, 1.82) is 0 Å². The van der Waals surface area contributed by atoms with E-state index < -0.39 is 61.2 Å². The maximum absolute atomic E-state index is 18.0. The Kier molecular flexibility index (Phi) is 13.5. The van der Waals surface area contributed by atoms with Gasteiger partial charge in [-0.3, -0.25) is 9.88 Å². The van der Waals surface area contributed by atoms with Crippen molar-refractivity contribution in [2.75, 3.05) is 45.0 Å². The second kappa shape index (κ2) is 18.3. The van der Waals surface area contributed by atoms with E-state index in [-0.39, 0.29) is 89.0 Å². The van der Waals surface area contributed by atoms with E-state index >= 15 is 8.78 Å². The molecule has 3 N–H and O–H groups in total. The van der Waals surface area contributed by atoms with Gasteiger partial charge in [0.15, 0.2) is 12.6 Å². The summed E-state index contributed by atoms with van der Waals surface area (Å²) < 4.78 is 72.4. The number of β-amino-alcohol motifs (C(OH)–C–C–N with tert-alkyl or cyclic N) is 1. The number of carbonyl (C=O) groups is 1. The number of aromatic nitrogens is 3. The van der Waals surface area contributed by atoms with E-state index in [9.17, 15) is 14.3 Å². The third kappa shape index (κ3) is 8.85. The monoisotopic (exact) mass is 904 g/mol. The van der Waals surface area contributed by atoms with Crippen molar-refractivity contribution >= 4 is 41.7 Å². The van der Waals surface area contributed by atoms with E-state index in [4.69, 9.17) is 39.6 Å². The van der Waals surface area contributed by atoms with Crippen molar-refractivity contribution < 1.29 is 42.0 Å². The van der Waals surface area contributed by atoms with Gasteiger partial charge in [0.1, 0.15) is 55.6 Å². The molecule has 0 radical (unpaired) electrons. The summed E-state index contributed by atoms with van der Waals surface area (Å²) in [5.41, 5.74) is 8.88. The predicted octanol–water partition coefficient (Wildman–Crippen LogP) is 9.08. The largest absolute Gasteiger partial charge is 0.468 e. The SMILES string of the molecule is COCOc1cc(-c2ncc3c(N4C[C@@H](O)C[C@H](OC(N)=O)C4C(C)(C)C)nc(OC[C@@]45CCCN4C[C@H](F)C5)nc3c2F)c2c(C#C[Si](C(C)C)(C(C)C)C(C)C)c(F)ccc2c1. The van der Waals surface area contributed by atoms with Crippen molar-refractivity contribution in [1.82, 2.24) is 19.9 Å². The Labute approximate surface area is 375 Å². The number of aliphatic hydroxyl groups is 1. The lowest BCUT2D eigenvalue weighted by atomic mass is 9.78. The number of primary amides is 1. The number of anilines is 1. The van der Waals surface area contributed by atoms with Crippen LogP contribution in [0.15, 0.2) is 30.5 Å². The van der Waals surface area contributed by atoms with Crippen LogP contribution in [-0.2, 0) is 9.47 Å². The predicted molar refractivity (Wildman–Crippen MR) is 245 cm³/mol. The Morgan fingerprint density at radius 2 is 1.78 bits per heavy atom. The summed E-state index contributed by atoms with van der Waals surface area (Å²) in [6.45, 7) is 20.0. The lowest BCUT2D eigenvalue weighted by molar-refractivity contribution is -0.00202. The number of amides is 1. The number of alkyl halides is 1. The average Bonchev–Trinajstić information content (AvgIpc) is 3.74. The first-order chi connectivity index (χ1) is 30.2. The number of nitrogens with zero attached hydrogens (tertiary/aromatic N) is 5. The number of pyridine rings is 1. The van der Waals surface area contributed by atoms with Crippen LogP contribution in [0.25, 0.3) is 32.9 Å². The molecule has 0 spiro atoms. The molecular formula is C48H63F3N6O6Si. The molecule has 3 aliphatic rings. The van der Waals surface area contributed by atoms with Gasteiger partial charge in [0, 0.05) is 50.2 Å². The molecule has 346 valence electrons. The fraction of sp³-hybridized carbons (Fsp3) is 0.583. The molecule has 5 heterocycles. The van der Waals surface area contributed by atoms with Crippen molar-refractivity contribution in [3.05, 3.63) is 47.7 Å². The number of piperidine rings is 1. The van der Waals surface area contributed by atoms with Crippen molar-refractivity contribution in [3.63, 3.8) is 0 Å². The fourth-order valence-electron chi connectivity index (χ4n) is 11.2. The highest BCUT2D eigenvalue weighted by atomic mass is 28.3. The van der Waals surface area contributed by atoms with Gasteiger partial charge < -0.3 is 34.7 Å². The van der Waals surface area contributed by atoms with Gasteiger partial charge in [0.2, 0.25) is 0 Å². The van der Waals surface area contributed by atoms with Gasteiger partial charge in [0.05, 0.1) is 28.6 Å². The summed E-state index contributed by atoms with van der Waals surface area (Å²) in [6.07, 6.45) is -0.404. The van der Waals surface area contributed by atoms with Crippen molar-refractivity contribution in [2.45, 2.75) is 135 Å². The van der Waals surface area contributed by atoms with Crippen LogP contribution in [0.4, 0.5) is 23.8 Å². The Morgan fingerprint density at radius 1 is 1.06 bits per heavy atom. The van der Waals surface area contributed by atoms with Gasteiger partial charge in [-0.15, -0.1) is 5.54 Å². The smallest absolute Gasteiger partial charge is 0.404 e. The highest BCUT2D eigenvalue weighted by molar-refractivity contribution is 6.90. The number of carbonyl (C=O) groups excluding carboxylic acids is 1. The molecule has 1 amide bonds. The molecule has 3 fully saturated rings. The summed E-state index contributed by atoms with van der Waals surface area (Å²) in [4.78, 5) is 30.4. The van der Waals surface area contributed by atoms with Crippen LogP contribution in [0, 0.1) is 28.5 Å². The number of benzene rings is 2. The maximum atomic E-state index is 18.0. The van der Waals surface area contributed by atoms with Crippen LogP contribution in [0.1, 0.15) is 93.6 Å². The average molecular weight is 905 g/mol. The minimum absolute atomic E-state index is 0.0372. The molecular weight excluding hydrogens is 842 g/mol. The Bertz CT molecular complexity index is 2430. The maximum Gasteiger partial charge on any atom is 0.404 e. The van der Waals surface area contributed by atoms with Crippen molar-refractivity contribution in [2.24, 2.45) is 11.1 Å². The molecule has 4 aromatic rings. The van der Waals surface area contributed by atoms with Gasteiger partial charge in [-0.1, -0.05) is 74.3 Å². The molecule has 0 aliphatic carbocycles. The summed E-state index contributed by atoms with van der Waals surface area (Å²) in [7, 11) is -0.874. The zero-order valence-corrected chi connectivity index (χ0v) is 39.7. The van der Waals surface area contributed by atoms with Crippen LogP contribution in [0.2, 0.25) is 16.6 Å². The van der Waals surface area contributed by atoms with Crippen LogP contribution in [0.3, 0.4) is 0 Å². The molecule has 2 aromatic heterocycles. The van der Waals surface area contributed by atoms with Gasteiger partial charge in [-0.05, 0) is 65.0 Å². The topological polar surface area (TPSA) is 145 Å². The van der Waals surface area contributed by atoms with Gasteiger partial charge >= 0.3 is 12.1 Å². The van der Waals surface area contributed by atoms with E-state index in [1.165, 1.54) is 19.4 Å². The summed E-state index contributed by atoms with van der Waals surface area (Å²) >= 11 is 0. The minimum atomic E-state index is -2.36. The van der Waals surface area contributed by atoms with Gasteiger partial charge in [0.25, 0.3) is 0 Å². The summed E-state index contributed by atoms with van der Waals surface area (Å²) in [5, 5.41) is 12.3. The second-order valence-corrected chi connectivity index (χ2v) is 25.5. The Morgan fingerprint density at radius 3 is 2.44 bits per heavy atom. The van der Waals surface area contributed by atoms with Gasteiger partial charge in [-0.25, -0.2) is 18.0 Å². The van der Waals surface area contributed by atoms with Crippen LogP contribution < -0.4 is 20.1 Å². The second-order valence-electron chi connectivity index (χ2n) is 19.9. The summed E-state index contributed by atoms with van der Waals surface area (Å²) in [5.74, 6) is 2.41. The number of fused-ring (bicyclic) bond motifs is 3. The zero-order valence-electron chi connectivity index (χ0n) is 38.7. The Balaban J connectivity index is 1.48. The molecule has 3 aliphatic heterocycles. The van der Waals surface area contributed by atoms with E-state index in [0.717, 1.165) is 19.4 Å². The molecule has 64 heavy (non-hydrogen) atoms. The molecule has 0 saturated carbocycles. The molecule has 2 aromatic carbocycles. The third-order valence-corrected chi connectivity index (χ3v) is 20.1. The number of hydrogen-bond donors (Lipinski definition) is 2. The normalized spacial score (nSPS) is 23.0. The summed E-state index contributed by atoms with van der Waals surface area (Å²) in [6, 6.07) is 5.54. The standard InChI is InChI=1S/C48H63F3N6O6Si/c1-27(2)64(28(3)4,29(5)6)17-14-34-37(50)13-12-30-18-33(62-26-60-10)20-35(39(30)34)41-40(51)42-36(22-53-41)44(57-24-32(58)19-38(63-45(52)59)43(57)47(7,8)9)55-46(54-42)61-25-48-15-11-16-56(48)23-31(49)21-48/h12-13,18,20,22,27-29,31-32,38,43,58H,11,15-16,19,21,23-26H2,1-10H3,(H2,52,59)/t31-,32+,38+,43?,48+/m1/s1. The highest BCUT2D eigenvalue weighted by Crippen LogP contribution is 2.45. The number of halogens is 3. The molecule has 16 heteroatoms. The molecule has 12 nitrogen and oxygen atoms in total. The quantitative estimate of drug-likeness (QED) is 0.0798. The fourth-order valence-corrected chi connectivity index (χ4v) is 16.4. The van der Waals surface area contributed by atoms with Crippen LogP contribution in [0.5, 0.6) is 11.8 Å². The number of rotatable bonds is 12. The lowest BCUT2D eigenvalue weighted by Gasteiger charge is -2.49. The molecule has 7 rings (SSSR count). The first kappa shape index (κ1) is 47.3. The molecule has 3 saturated heterocycles. The zero-order chi connectivity index (χ0) is 46.5. The first-order valence-corrected chi connectivity index (χ1v) is 24.6. The van der Waals surface area contributed by atoms with Crippen LogP contribution in [-0.4, -0.2) is 109 Å².